The quantitative estimate of drug-likeness (QED) is 0.863. The summed E-state index contributed by atoms with van der Waals surface area (Å²) in [6, 6.07) is 16.5. The van der Waals surface area contributed by atoms with E-state index in [2.05, 4.69) is 11.4 Å². The van der Waals surface area contributed by atoms with E-state index < -0.39 is 11.5 Å². The molecule has 3 nitrogen and oxygen atoms in total. The molecule has 0 saturated carbocycles. The second-order valence-corrected chi connectivity index (χ2v) is 6.54. The van der Waals surface area contributed by atoms with Crippen molar-refractivity contribution in [3.63, 3.8) is 0 Å². The van der Waals surface area contributed by atoms with E-state index in [9.17, 15) is 10.1 Å². The lowest BCUT2D eigenvalue weighted by atomic mass is 9.69. The van der Waals surface area contributed by atoms with Gasteiger partial charge in [0.05, 0.1) is 12.1 Å². The average molecular weight is 345 g/mol. The van der Waals surface area contributed by atoms with E-state index >= 15 is 0 Å². The summed E-state index contributed by atoms with van der Waals surface area (Å²) in [7, 11) is 0. The van der Waals surface area contributed by atoms with Crippen molar-refractivity contribution in [1.82, 2.24) is 5.32 Å². The number of hydrogen-bond donors (Lipinski definition) is 1. The summed E-state index contributed by atoms with van der Waals surface area (Å²) in [5.41, 5.74) is 0.864. The highest BCUT2D eigenvalue weighted by Crippen LogP contribution is 2.45. The lowest BCUT2D eigenvalue weighted by molar-refractivity contribution is -0.109. The third kappa shape index (κ3) is 2.74. The normalized spacial score (nSPS) is 26.7. The summed E-state index contributed by atoms with van der Waals surface area (Å²) in [6.07, 6.45) is 0.862. The van der Waals surface area contributed by atoms with Crippen LogP contribution in [0.4, 0.5) is 0 Å². The van der Waals surface area contributed by atoms with Crippen LogP contribution in [0, 0.1) is 11.3 Å². The van der Waals surface area contributed by atoms with Gasteiger partial charge in [-0.05, 0) is 35.4 Å². The molecular weight excluding hydrogens is 331 g/mol. The van der Waals surface area contributed by atoms with Crippen molar-refractivity contribution >= 4 is 29.5 Å². The zero-order chi connectivity index (χ0) is 16.4. The van der Waals surface area contributed by atoms with Gasteiger partial charge in [0.1, 0.15) is 11.7 Å². The molecule has 23 heavy (non-hydrogen) atoms. The second-order valence-electron chi connectivity index (χ2n) is 5.67. The fraction of sp³-hybridized carbons (Fsp3) is 0.222. The molecule has 1 heterocycles. The zero-order valence-electron chi connectivity index (χ0n) is 12.2. The standard InChI is InChI=1S/C18H14Cl2N2O/c19-14-6-4-13(5-7-14)18(10-21)11-22-16(9-23)17(18)12-2-1-3-15(20)8-12/h1-9,16-17,22H,11H2/t16?,17-,18?/m1/s1. The molecule has 1 N–H and O–H groups in total. The topological polar surface area (TPSA) is 52.9 Å². The number of nitrogens with one attached hydrogen (secondary N) is 1. The van der Waals surface area contributed by atoms with Gasteiger partial charge in [-0.3, -0.25) is 0 Å². The second kappa shape index (κ2) is 6.33. The van der Waals surface area contributed by atoms with Crippen LogP contribution in [0.15, 0.2) is 48.5 Å². The molecule has 5 heteroatoms. The van der Waals surface area contributed by atoms with Crippen LogP contribution in [-0.4, -0.2) is 18.9 Å². The maximum atomic E-state index is 11.5. The number of halogens is 2. The summed E-state index contributed by atoms with van der Waals surface area (Å²) in [4.78, 5) is 11.5. The molecule has 1 fully saturated rings. The van der Waals surface area contributed by atoms with E-state index in [1.807, 2.05) is 30.3 Å². The van der Waals surface area contributed by atoms with E-state index in [1.54, 1.807) is 18.2 Å². The van der Waals surface area contributed by atoms with Crippen LogP contribution in [0.1, 0.15) is 17.0 Å². The highest BCUT2D eigenvalue weighted by Gasteiger charge is 2.51. The first-order chi connectivity index (χ1) is 11.1. The van der Waals surface area contributed by atoms with E-state index in [4.69, 9.17) is 23.2 Å². The first-order valence-electron chi connectivity index (χ1n) is 7.22. The van der Waals surface area contributed by atoms with Crippen LogP contribution in [0.2, 0.25) is 10.0 Å². The summed E-state index contributed by atoms with van der Waals surface area (Å²) in [5.74, 6) is -0.315. The number of carbonyl (C=O) groups excluding carboxylic acids is 1. The Morgan fingerprint density at radius 1 is 1.17 bits per heavy atom. The fourth-order valence-corrected chi connectivity index (χ4v) is 3.66. The molecule has 1 saturated heterocycles. The molecule has 0 aromatic heterocycles. The van der Waals surface area contributed by atoms with Gasteiger partial charge in [-0.1, -0.05) is 47.5 Å². The maximum absolute atomic E-state index is 11.5. The fourth-order valence-electron chi connectivity index (χ4n) is 3.33. The van der Waals surface area contributed by atoms with Crippen LogP contribution < -0.4 is 5.32 Å². The summed E-state index contributed by atoms with van der Waals surface area (Å²) >= 11 is 12.1. The molecule has 0 aliphatic carbocycles. The van der Waals surface area contributed by atoms with Crippen molar-refractivity contribution < 1.29 is 4.79 Å². The van der Waals surface area contributed by atoms with Crippen molar-refractivity contribution in [2.45, 2.75) is 17.4 Å². The first-order valence-corrected chi connectivity index (χ1v) is 7.98. The van der Waals surface area contributed by atoms with E-state index in [0.29, 0.717) is 16.6 Å². The monoisotopic (exact) mass is 344 g/mol. The first kappa shape index (κ1) is 16.0. The minimum atomic E-state index is -0.846. The Bertz CT molecular complexity index is 769. The molecule has 0 amide bonds. The predicted molar refractivity (Wildman–Crippen MR) is 90.8 cm³/mol. The number of hydrogen-bond acceptors (Lipinski definition) is 3. The molecule has 3 atom stereocenters. The number of rotatable bonds is 3. The van der Waals surface area contributed by atoms with E-state index in [1.165, 1.54) is 0 Å². The van der Waals surface area contributed by atoms with Crippen LogP contribution in [0.3, 0.4) is 0 Å². The summed E-state index contributed by atoms with van der Waals surface area (Å²) < 4.78 is 0. The Morgan fingerprint density at radius 3 is 2.52 bits per heavy atom. The molecule has 2 aromatic carbocycles. The van der Waals surface area contributed by atoms with Gasteiger partial charge in [0.15, 0.2) is 0 Å². The number of benzene rings is 2. The van der Waals surface area contributed by atoms with Crippen molar-refractivity contribution in [2.24, 2.45) is 0 Å². The lowest BCUT2D eigenvalue weighted by Crippen LogP contribution is -2.34. The van der Waals surface area contributed by atoms with Gasteiger partial charge >= 0.3 is 0 Å². The number of aldehydes is 1. The van der Waals surface area contributed by atoms with Gasteiger partial charge in [0.2, 0.25) is 0 Å². The van der Waals surface area contributed by atoms with Gasteiger partial charge in [-0.15, -0.1) is 0 Å². The van der Waals surface area contributed by atoms with Crippen molar-refractivity contribution in [1.29, 1.82) is 5.26 Å². The van der Waals surface area contributed by atoms with Gasteiger partial charge in [0.25, 0.3) is 0 Å². The number of nitrogens with zero attached hydrogens (tertiary/aromatic N) is 1. The molecule has 0 bridgehead atoms. The summed E-state index contributed by atoms with van der Waals surface area (Å²) in [5, 5.41) is 14.3. The Morgan fingerprint density at radius 2 is 1.91 bits per heavy atom. The lowest BCUT2D eigenvalue weighted by Gasteiger charge is -2.30. The third-order valence-electron chi connectivity index (χ3n) is 4.42. The highest BCUT2D eigenvalue weighted by molar-refractivity contribution is 6.30. The van der Waals surface area contributed by atoms with E-state index in [0.717, 1.165) is 17.4 Å². The van der Waals surface area contributed by atoms with Crippen LogP contribution in [0.5, 0.6) is 0 Å². The molecule has 1 aliphatic heterocycles. The molecular formula is C18H14Cl2N2O. The molecule has 0 radical (unpaired) electrons. The maximum Gasteiger partial charge on any atom is 0.137 e. The highest BCUT2D eigenvalue weighted by atomic mass is 35.5. The van der Waals surface area contributed by atoms with Crippen LogP contribution >= 0.6 is 23.2 Å². The largest absolute Gasteiger partial charge is 0.305 e. The van der Waals surface area contributed by atoms with Crippen molar-refractivity contribution in [3.8, 4) is 6.07 Å². The molecule has 2 unspecified atom stereocenters. The van der Waals surface area contributed by atoms with Crippen molar-refractivity contribution in [2.75, 3.05) is 6.54 Å². The third-order valence-corrected chi connectivity index (χ3v) is 4.91. The molecule has 1 aliphatic rings. The number of carbonyl (C=O) groups is 1. The van der Waals surface area contributed by atoms with Crippen LogP contribution in [-0.2, 0) is 10.2 Å². The Labute approximate surface area is 144 Å². The van der Waals surface area contributed by atoms with Gasteiger partial charge in [0, 0.05) is 22.5 Å². The smallest absolute Gasteiger partial charge is 0.137 e. The minimum absolute atomic E-state index is 0.315. The van der Waals surface area contributed by atoms with Gasteiger partial charge in [-0.2, -0.15) is 5.26 Å². The molecule has 0 spiro atoms. The average Bonchev–Trinajstić information content (AvgIpc) is 2.95. The molecule has 116 valence electrons. The number of nitriles is 1. The zero-order valence-corrected chi connectivity index (χ0v) is 13.7. The summed E-state index contributed by atoms with van der Waals surface area (Å²) in [6.45, 7) is 0.395. The van der Waals surface area contributed by atoms with Gasteiger partial charge in [-0.25, -0.2) is 0 Å². The SMILES string of the molecule is N#CC1(c2ccc(Cl)cc2)CNC(C=O)[C@H]1c1cccc(Cl)c1. The molecule has 3 rings (SSSR count). The predicted octanol–water partition coefficient (Wildman–Crippen LogP) is 3.71. The van der Waals surface area contributed by atoms with E-state index in [-0.39, 0.29) is 5.92 Å². The minimum Gasteiger partial charge on any atom is -0.305 e. The Kier molecular flexibility index (Phi) is 4.41. The van der Waals surface area contributed by atoms with Gasteiger partial charge < -0.3 is 10.1 Å². The van der Waals surface area contributed by atoms with Crippen molar-refractivity contribution in [3.05, 3.63) is 69.7 Å². The Balaban J connectivity index is 2.16. The Hall–Kier alpha value is -1.86. The molecule has 2 aromatic rings. The van der Waals surface area contributed by atoms with Crippen LogP contribution in [0.25, 0.3) is 0 Å².